The summed E-state index contributed by atoms with van der Waals surface area (Å²) in [5.41, 5.74) is 2.65. The van der Waals surface area contributed by atoms with Gasteiger partial charge in [0.15, 0.2) is 0 Å². The van der Waals surface area contributed by atoms with Crippen LogP contribution in [0.2, 0.25) is 0 Å². The first-order chi connectivity index (χ1) is 12.0. The van der Waals surface area contributed by atoms with Crippen LogP contribution in [0.15, 0.2) is 12.1 Å². The monoisotopic (exact) mass is 342 g/mol. The van der Waals surface area contributed by atoms with Crippen LogP contribution in [0, 0.1) is 12.8 Å². The molecular weight excluding hydrogens is 312 g/mol. The van der Waals surface area contributed by atoms with E-state index in [-0.39, 0.29) is 11.5 Å². The van der Waals surface area contributed by atoms with Gasteiger partial charge in [-0.1, -0.05) is 6.07 Å². The molecule has 2 aliphatic carbocycles. The maximum absolute atomic E-state index is 12.1. The van der Waals surface area contributed by atoms with Gasteiger partial charge in [-0.25, -0.2) is 0 Å². The zero-order valence-corrected chi connectivity index (χ0v) is 15.2. The Hall–Kier alpha value is -1.10. The van der Waals surface area contributed by atoms with Crippen LogP contribution in [-0.2, 0) is 11.8 Å². The van der Waals surface area contributed by atoms with Crippen LogP contribution >= 0.6 is 0 Å². The number of aryl methyl sites for hydroxylation is 1. The number of piperidine rings is 1. The second kappa shape index (κ2) is 5.45. The number of benzene rings is 1. The molecule has 0 aromatic heterocycles. The Morgan fingerprint density at radius 2 is 2.00 bits per heavy atom. The number of hydrogen-bond donors (Lipinski definition) is 3. The Bertz CT molecular complexity index is 701. The van der Waals surface area contributed by atoms with Gasteiger partial charge in [0.05, 0.1) is 5.60 Å². The minimum Gasteiger partial charge on any atom is -0.508 e. The lowest BCUT2D eigenvalue weighted by atomic mass is 9.52. The fourth-order valence-electron chi connectivity index (χ4n) is 6.01. The topological polar surface area (TPSA) is 55.7 Å². The van der Waals surface area contributed by atoms with Gasteiger partial charge < -0.3 is 15.5 Å². The standard InChI is InChI=1S/C21H30N2O2/c1-14-10-16-11-19-21(25)5-8-22-7-4-20(21,17(16)12-18(14)24)6-9-23(19)13-15-2-3-15/h10,12,15,19,22,24-25H,2-9,11,13H2,1H3/t19-,20+,21-/m1/s1. The van der Waals surface area contributed by atoms with Crippen molar-refractivity contribution in [3.63, 3.8) is 0 Å². The van der Waals surface area contributed by atoms with E-state index >= 15 is 0 Å². The van der Waals surface area contributed by atoms with Gasteiger partial charge in [-0.2, -0.15) is 0 Å². The van der Waals surface area contributed by atoms with Gasteiger partial charge in [-0.15, -0.1) is 0 Å². The SMILES string of the molecule is Cc1cc2c(cc1O)[C@@]13CCNCC[C@@]1(O)[C@@H](C2)N(CC1CC1)CC3. The van der Waals surface area contributed by atoms with Crippen LogP contribution in [0.25, 0.3) is 0 Å². The first-order valence-electron chi connectivity index (χ1n) is 10.0. The Kier molecular flexibility index (Phi) is 3.51. The Morgan fingerprint density at radius 1 is 1.20 bits per heavy atom. The lowest BCUT2D eigenvalue weighted by molar-refractivity contribution is -0.149. The van der Waals surface area contributed by atoms with Gasteiger partial charge in [-0.3, -0.25) is 4.90 Å². The van der Waals surface area contributed by atoms with E-state index in [2.05, 4.69) is 16.3 Å². The zero-order valence-electron chi connectivity index (χ0n) is 15.2. The second-order valence-corrected chi connectivity index (χ2v) is 8.96. The lowest BCUT2D eigenvalue weighted by Crippen LogP contribution is -2.71. The third-order valence-corrected chi connectivity index (χ3v) is 7.60. The van der Waals surface area contributed by atoms with E-state index in [4.69, 9.17) is 0 Å². The molecule has 1 saturated carbocycles. The number of phenolic OH excluding ortho intramolecular Hbond substituents is 1. The molecular formula is C21H30N2O2. The molecule has 1 aromatic carbocycles. The maximum atomic E-state index is 12.1. The van der Waals surface area contributed by atoms with E-state index in [0.29, 0.717) is 5.75 Å². The molecule has 0 amide bonds. The van der Waals surface area contributed by atoms with Crippen LogP contribution in [0.3, 0.4) is 0 Å². The summed E-state index contributed by atoms with van der Waals surface area (Å²) in [5.74, 6) is 1.23. The molecule has 2 saturated heterocycles. The van der Waals surface area contributed by atoms with E-state index in [0.717, 1.165) is 63.3 Å². The summed E-state index contributed by atoms with van der Waals surface area (Å²) >= 11 is 0. The fourth-order valence-corrected chi connectivity index (χ4v) is 6.01. The van der Waals surface area contributed by atoms with Crippen LogP contribution in [0.1, 0.15) is 48.8 Å². The van der Waals surface area contributed by atoms with Gasteiger partial charge in [0.1, 0.15) is 5.75 Å². The molecule has 136 valence electrons. The van der Waals surface area contributed by atoms with Crippen molar-refractivity contribution in [2.24, 2.45) is 5.92 Å². The minimum atomic E-state index is -0.682. The van der Waals surface area contributed by atoms with E-state index in [1.807, 2.05) is 13.0 Å². The zero-order chi connectivity index (χ0) is 17.2. The maximum Gasteiger partial charge on any atom is 0.118 e. The third kappa shape index (κ3) is 2.23. The normalized spacial score (nSPS) is 37.9. The summed E-state index contributed by atoms with van der Waals surface area (Å²) in [6.07, 6.45) is 6.42. The molecule has 1 aromatic rings. The number of fused-ring (bicyclic) bond motifs is 1. The molecule has 0 unspecified atom stereocenters. The molecule has 2 bridgehead atoms. The molecule has 3 atom stereocenters. The van der Waals surface area contributed by atoms with E-state index in [1.165, 1.54) is 24.0 Å². The van der Waals surface area contributed by atoms with Crippen molar-refractivity contribution < 1.29 is 10.2 Å². The first kappa shape index (κ1) is 16.1. The van der Waals surface area contributed by atoms with Crippen molar-refractivity contribution in [1.82, 2.24) is 10.2 Å². The van der Waals surface area contributed by atoms with E-state index < -0.39 is 5.60 Å². The number of nitrogens with one attached hydrogen (secondary N) is 1. The van der Waals surface area contributed by atoms with Gasteiger partial charge in [-0.05, 0) is 93.8 Å². The largest absolute Gasteiger partial charge is 0.508 e. The summed E-state index contributed by atoms with van der Waals surface area (Å²) in [6, 6.07) is 4.38. The highest BCUT2D eigenvalue weighted by Gasteiger charge is 2.62. The number of hydrogen-bond acceptors (Lipinski definition) is 4. The number of aromatic hydroxyl groups is 1. The van der Waals surface area contributed by atoms with Crippen molar-refractivity contribution in [1.29, 1.82) is 0 Å². The van der Waals surface area contributed by atoms with Crippen molar-refractivity contribution in [2.75, 3.05) is 26.2 Å². The van der Waals surface area contributed by atoms with Crippen LogP contribution in [0.4, 0.5) is 0 Å². The van der Waals surface area contributed by atoms with Crippen LogP contribution < -0.4 is 5.32 Å². The summed E-state index contributed by atoms with van der Waals surface area (Å²) in [6.45, 7) is 6.06. The first-order valence-corrected chi connectivity index (χ1v) is 10.0. The van der Waals surface area contributed by atoms with E-state index in [9.17, 15) is 10.2 Å². The smallest absolute Gasteiger partial charge is 0.118 e. The molecule has 0 radical (unpaired) electrons. The van der Waals surface area contributed by atoms with Crippen molar-refractivity contribution in [3.8, 4) is 5.75 Å². The number of likely N-dealkylation sites (tertiary alicyclic amines) is 1. The molecule has 2 aliphatic heterocycles. The highest BCUT2D eigenvalue weighted by Crippen LogP contribution is 2.56. The molecule has 25 heavy (non-hydrogen) atoms. The number of phenols is 1. The molecule has 3 N–H and O–H groups in total. The fraction of sp³-hybridized carbons (Fsp3) is 0.714. The summed E-state index contributed by atoms with van der Waals surface area (Å²) in [7, 11) is 0. The van der Waals surface area contributed by atoms with Gasteiger partial charge in [0.25, 0.3) is 0 Å². The predicted molar refractivity (Wildman–Crippen MR) is 98.0 cm³/mol. The molecule has 4 aliphatic rings. The number of aliphatic hydroxyl groups is 1. The average molecular weight is 342 g/mol. The summed E-state index contributed by atoms with van der Waals surface area (Å²) < 4.78 is 0. The van der Waals surface area contributed by atoms with Gasteiger partial charge >= 0.3 is 0 Å². The van der Waals surface area contributed by atoms with Crippen molar-refractivity contribution in [2.45, 2.75) is 62.5 Å². The van der Waals surface area contributed by atoms with E-state index in [1.54, 1.807) is 0 Å². The summed E-state index contributed by atoms with van der Waals surface area (Å²) in [4.78, 5) is 2.60. The molecule has 2 heterocycles. The molecule has 3 fully saturated rings. The van der Waals surface area contributed by atoms with Crippen LogP contribution in [0.5, 0.6) is 5.75 Å². The number of rotatable bonds is 2. The minimum absolute atomic E-state index is 0.208. The van der Waals surface area contributed by atoms with Crippen LogP contribution in [-0.4, -0.2) is 52.9 Å². The number of nitrogens with zero attached hydrogens (tertiary/aromatic N) is 1. The van der Waals surface area contributed by atoms with Gasteiger partial charge in [0, 0.05) is 18.0 Å². The average Bonchev–Trinajstić information content (AvgIpc) is 3.39. The lowest BCUT2D eigenvalue weighted by Gasteiger charge is -2.61. The summed E-state index contributed by atoms with van der Waals surface area (Å²) in [5, 5.41) is 26.0. The quantitative estimate of drug-likeness (QED) is 0.770. The highest BCUT2D eigenvalue weighted by molar-refractivity contribution is 5.50. The Balaban J connectivity index is 1.66. The molecule has 0 spiro atoms. The molecule has 4 nitrogen and oxygen atoms in total. The molecule has 4 heteroatoms. The predicted octanol–water partition coefficient (Wildman–Crippen LogP) is 2.09. The second-order valence-electron chi connectivity index (χ2n) is 8.96. The molecule has 5 rings (SSSR count). The Morgan fingerprint density at radius 3 is 2.80 bits per heavy atom. The third-order valence-electron chi connectivity index (χ3n) is 7.60. The van der Waals surface area contributed by atoms with Crippen molar-refractivity contribution >= 4 is 0 Å². The highest BCUT2D eigenvalue weighted by atomic mass is 16.3. The Labute approximate surface area is 150 Å². The van der Waals surface area contributed by atoms with Crippen molar-refractivity contribution in [3.05, 3.63) is 28.8 Å². The van der Waals surface area contributed by atoms with Gasteiger partial charge in [0.2, 0.25) is 0 Å².